The molecule has 0 atom stereocenters. The molecule has 0 fully saturated rings. The van der Waals surface area contributed by atoms with Gasteiger partial charge in [0, 0.05) is 4.47 Å². The molecule has 0 saturated heterocycles. The van der Waals surface area contributed by atoms with Crippen LogP contribution in [0, 0.1) is 6.92 Å². The average molecular weight is 402 g/mol. The van der Waals surface area contributed by atoms with Crippen LogP contribution in [0.3, 0.4) is 0 Å². The van der Waals surface area contributed by atoms with Gasteiger partial charge in [0.2, 0.25) is 0 Å². The molecule has 19 heavy (non-hydrogen) atoms. The smallest absolute Gasteiger partial charge is 0.263 e. The van der Waals surface area contributed by atoms with Crippen LogP contribution in [0.4, 0.5) is 5.82 Å². The molecule has 0 unspecified atom stereocenters. The second-order valence-electron chi connectivity index (χ2n) is 3.56. The Morgan fingerprint density at radius 1 is 1.37 bits per heavy atom. The first-order valence-corrected chi connectivity index (χ1v) is 8.75. The molecule has 0 aromatic carbocycles. The summed E-state index contributed by atoms with van der Waals surface area (Å²) in [6.45, 7) is 1.76. The summed E-state index contributed by atoms with van der Waals surface area (Å²) in [5.41, 5.74) is 0.676. The molecule has 0 aliphatic carbocycles. The number of aryl methyl sites for hydroxylation is 1. The van der Waals surface area contributed by atoms with Crippen LogP contribution in [0.5, 0.6) is 0 Å². The van der Waals surface area contributed by atoms with Crippen LogP contribution < -0.4 is 4.72 Å². The molecule has 2 aromatic heterocycles. The third-order valence-corrected chi connectivity index (χ3v) is 6.12. The number of aromatic nitrogens is 1. The summed E-state index contributed by atoms with van der Waals surface area (Å²) in [6.07, 6.45) is 0. The lowest BCUT2D eigenvalue weighted by atomic mass is 10.4. The van der Waals surface area contributed by atoms with Gasteiger partial charge in [-0.15, -0.1) is 11.3 Å². The lowest BCUT2D eigenvalue weighted by Gasteiger charge is -2.07. The molecule has 102 valence electrons. The Morgan fingerprint density at radius 3 is 2.58 bits per heavy atom. The lowest BCUT2D eigenvalue weighted by molar-refractivity contribution is 0.601. The minimum Gasteiger partial charge on any atom is -0.263 e. The van der Waals surface area contributed by atoms with E-state index in [1.165, 1.54) is 6.07 Å². The number of halogens is 3. The summed E-state index contributed by atoms with van der Waals surface area (Å²) >= 11 is 15.9. The van der Waals surface area contributed by atoms with Crippen molar-refractivity contribution >= 4 is 66.3 Å². The zero-order valence-corrected chi connectivity index (χ0v) is 14.2. The highest BCUT2D eigenvalue weighted by molar-refractivity contribution is 9.10. The first-order valence-electron chi connectivity index (χ1n) is 4.90. The summed E-state index contributed by atoms with van der Waals surface area (Å²) in [7, 11) is -3.79. The van der Waals surface area contributed by atoms with E-state index >= 15 is 0 Å². The molecule has 2 rings (SSSR count). The Balaban J connectivity index is 2.36. The van der Waals surface area contributed by atoms with Crippen molar-refractivity contribution in [2.45, 2.75) is 11.8 Å². The van der Waals surface area contributed by atoms with E-state index in [1.807, 2.05) is 0 Å². The standard InChI is InChI=1S/C10H7BrCl2N2O2S2/c1-5-6(11)2-3-9(14-5)15-19(16,17)7-4-8(12)18-10(7)13/h2-4H,1H3,(H,14,15). The summed E-state index contributed by atoms with van der Waals surface area (Å²) in [5.74, 6) is 0.221. The van der Waals surface area contributed by atoms with Gasteiger partial charge in [-0.25, -0.2) is 13.4 Å². The van der Waals surface area contributed by atoms with Crippen molar-refractivity contribution < 1.29 is 8.42 Å². The summed E-state index contributed by atoms with van der Waals surface area (Å²) < 4.78 is 27.9. The van der Waals surface area contributed by atoms with Crippen molar-refractivity contribution in [3.8, 4) is 0 Å². The lowest BCUT2D eigenvalue weighted by Crippen LogP contribution is -2.13. The van der Waals surface area contributed by atoms with Gasteiger partial charge < -0.3 is 0 Å². The Kier molecular flexibility index (Phi) is 4.42. The van der Waals surface area contributed by atoms with E-state index in [-0.39, 0.29) is 15.0 Å². The third kappa shape index (κ3) is 3.41. The van der Waals surface area contributed by atoms with Crippen molar-refractivity contribution in [2.24, 2.45) is 0 Å². The molecule has 0 radical (unpaired) electrons. The van der Waals surface area contributed by atoms with Crippen molar-refractivity contribution in [1.29, 1.82) is 0 Å². The molecule has 4 nitrogen and oxygen atoms in total. The molecular weight excluding hydrogens is 395 g/mol. The fourth-order valence-electron chi connectivity index (χ4n) is 1.30. The molecule has 0 bridgehead atoms. The number of anilines is 1. The van der Waals surface area contributed by atoms with E-state index in [2.05, 4.69) is 25.6 Å². The SMILES string of the molecule is Cc1nc(NS(=O)(=O)c2cc(Cl)sc2Cl)ccc1Br. The number of thiophene rings is 1. The van der Waals surface area contributed by atoms with Crippen LogP contribution in [0.2, 0.25) is 8.67 Å². The molecule has 2 aromatic rings. The van der Waals surface area contributed by atoms with Crippen molar-refractivity contribution in [3.63, 3.8) is 0 Å². The van der Waals surface area contributed by atoms with Crippen LogP contribution in [0.25, 0.3) is 0 Å². The summed E-state index contributed by atoms with van der Waals surface area (Å²) in [4.78, 5) is 4.06. The quantitative estimate of drug-likeness (QED) is 0.832. The van der Waals surface area contributed by atoms with E-state index in [4.69, 9.17) is 23.2 Å². The average Bonchev–Trinajstić information content (AvgIpc) is 2.63. The summed E-state index contributed by atoms with van der Waals surface area (Å²) in [5, 5.41) is 0. The van der Waals surface area contributed by atoms with Gasteiger partial charge in [0.25, 0.3) is 10.0 Å². The first kappa shape index (κ1) is 15.1. The second-order valence-corrected chi connectivity index (χ2v) is 8.35. The molecule has 9 heteroatoms. The van der Waals surface area contributed by atoms with Crippen molar-refractivity contribution in [1.82, 2.24) is 4.98 Å². The van der Waals surface area contributed by atoms with E-state index in [1.54, 1.807) is 19.1 Å². The number of hydrogen-bond acceptors (Lipinski definition) is 4. The van der Waals surface area contributed by atoms with Gasteiger partial charge in [-0.1, -0.05) is 23.2 Å². The number of sulfonamides is 1. The first-order chi connectivity index (χ1) is 8.79. The predicted octanol–water partition coefficient (Wildman–Crippen LogP) is 4.32. The monoisotopic (exact) mass is 400 g/mol. The minimum atomic E-state index is -3.79. The van der Waals surface area contributed by atoms with E-state index in [0.29, 0.717) is 10.0 Å². The zero-order chi connectivity index (χ0) is 14.2. The topological polar surface area (TPSA) is 59.1 Å². The molecular formula is C10H7BrCl2N2O2S2. The van der Waals surface area contributed by atoms with E-state index < -0.39 is 10.0 Å². The number of nitrogens with zero attached hydrogens (tertiary/aromatic N) is 1. The highest BCUT2D eigenvalue weighted by Crippen LogP contribution is 2.35. The predicted molar refractivity (Wildman–Crippen MR) is 81.8 cm³/mol. The molecule has 1 N–H and O–H groups in total. The maximum Gasteiger partial charge on any atom is 0.265 e. The normalized spacial score (nSPS) is 11.6. The fourth-order valence-corrected chi connectivity index (χ4v) is 4.67. The van der Waals surface area contributed by atoms with Gasteiger partial charge in [0.1, 0.15) is 15.0 Å². The number of hydrogen-bond donors (Lipinski definition) is 1. The van der Waals surface area contributed by atoms with Crippen molar-refractivity contribution in [3.05, 3.63) is 37.0 Å². The largest absolute Gasteiger partial charge is 0.265 e. The van der Waals surface area contributed by atoms with Gasteiger partial charge in [-0.05, 0) is 41.1 Å². The molecule has 0 aliphatic rings. The highest BCUT2D eigenvalue weighted by atomic mass is 79.9. The molecule has 0 amide bonds. The minimum absolute atomic E-state index is 0.0495. The van der Waals surface area contributed by atoms with Crippen LogP contribution in [0.1, 0.15) is 5.69 Å². The Morgan fingerprint density at radius 2 is 2.05 bits per heavy atom. The Bertz CT molecular complexity index is 731. The molecule has 0 spiro atoms. The molecule has 0 saturated carbocycles. The van der Waals surface area contributed by atoms with Crippen LogP contribution >= 0.6 is 50.5 Å². The Labute approximate surface area is 132 Å². The van der Waals surface area contributed by atoms with Gasteiger partial charge in [-0.3, -0.25) is 4.72 Å². The number of nitrogens with one attached hydrogen (secondary N) is 1. The second kappa shape index (κ2) is 5.57. The van der Waals surface area contributed by atoms with Crippen LogP contribution in [0.15, 0.2) is 27.6 Å². The van der Waals surface area contributed by atoms with E-state index in [0.717, 1.165) is 15.8 Å². The maximum atomic E-state index is 12.1. The van der Waals surface area contributed by atoms with Gasteiger partial charge in [-0.2, -0.15) is 0 Å². The third-order valence-electron chi connectivity index (χ3n) is 2.18. The molecule has 0 aliphatic heterocycles. The highest BCUT2D eigenvalue weighted by Gasteiger charge is 2.21. The van der Waals surface area contributed by atoms with E-state index in [9.17, 15) is 8.42 Å². The van der Waals surface area contributed by atoms with Crippen LogP contribution in [-0.4, -0.2) is 13.4 Å². The Hall–Kier alpha value is -0.340. The zero-order valence-electron chi connectivity index (χ0n) is 9.45. The van der Waals surface area contributed by atoms with Crippen molar-refractivity contribution in [2.75, 3.05) is 4.72 Å². The number of pyridine rings is 1. The number of rotatable bonds is 3. The fraction of sp³-hybridized carbons (Fsp3) is 0.100. The maximum absolute atomic E-state index is 12.1. The van der Waals surface area contributed by atoms with Gasteiger partial charge in [0.15, 0.2) is 0 Å². The van der Waals surface area contributed by atoms with Gasteiger partial charge >= 0.3 is 0 Å². The molecule has 2 heterocycles. The summed E-state index contributed by atoms with van der Waals surface area (Å²) in [6, 6.07) is 4.57. The van der Waals surface area contributed by atoms with Crippen LogP contribution in [-0.2, 0) is 10.0 Å². The van der Waals surface area contributed by atoms with Gasteiger partial charge in [0.05, 0.1) is 10.0 Å².